The van der Waals surface area contributed by atoms with E-state index < -0.39 is 100 Å². The van der Waals surface area contributed by atoms with Crippen LogP contribution in [0.4, 0.5) is 10.5 Å². The number of allylic oxidation sites excluding steroid dienone is 4. The van der Waals surface area contributed by atoms with Crippen molar-refractivity contribution in [1.82, 2.24) is 10.6 Å². The van der Waals surface area contributed by atoms with Gasteiger partial charge >= 0.3 is 18.0 Å². The van der Waals surface area contributed by atoms with Gasteiger partial charge in [0.25, 0.3) is 0 Å². The molecule has 5 aliphatic rings. The van der Waals surface area contributed by atoms with E-state index in [1.165, 1.54) is 6.92 Å². The second kappa shape index (κ2) is 19.8. The van der Waals surface area contributed by atoms with Crippen molar-refractivity contribution >= 4 is 47.1 Å². The molecule has 3 saturated carbocycles. The number of Topliss-reactive ketones (excluding diaryl/α,β-unsaturated/α-hetero) is 1. The van der Waals surface area contributed by atoms with Gasteiger partial charge in [-0.05, 0) is 135 Å². The Morgan fingerprint density at radius 3 is 2.20 bits per heavy atom. The fourth-order valence-electron chi connectivity index (χ4n) is 11.5. The molecule has 70 heavy (non-hydrogen) atoms. The molecule has 2 aromatic carbocycles. The van der Waals surface area contributed by atoms with E-state index in [-0.39, 0.29) is 42.8 Å². The number of fused-ring (bicyclic) bond motifs is 7. The highest BCUT2D eigenvalue weighted by Gasteiger charge is 2.74. The average Bonchev–Trinajstić information content (AvgIpc) is 3.77. The Balaban J connectivity index is 1.03. The van der Waals surface area contributed by atoms with Gasteiger partial charge in [-0.25, -0.2) is 4.79 Å². The highest BCUT2D eigenvalue weighted by atomic mass is 16.7. The van der Waals surface area contributed by atoms with Crippen LogP contribution in [0.3, 0.4) is 0 Å². The molecule has 7 rings (SSSR count). The molecule has 1 aliphatic heterocycles. The lowest BCUT2D eigenvalue weighted by molar-refractivity contribution is -0.167. The summed E-state index contributed by atoms with van der Waals surface area (Å²) in [5, 5.41) is 20.0. The third-order valence-electron chi connectivity index (χ3n) is 14.6. The maximum absolute atomic E-state index is 14.7. The van der Waals surface area contributed by atoms with Crippen molar-refractivity contribution in [3.05, 3.63) is 89.0 Å². The highest BCUT2D eigenvalue weighted by Crippen LogP contribution is 2.69. The zero-order valence-corrected chi connectivity index (χ0v) is 42.0. The zero-order valence-electron chi connectivity index (χ0n) is 42.0. The predicted octanol–water partition coefficient (Wildman–Crippen LogP) is 6.91. The summed E-state index contributed by atoms with van der Waals surface area (Å²) >= 11 is 0. The molecule has 0 radical (unpaired) electrons. The number of esters is 2. The highest BCUT2D eigenvalue weighted by molar-refractivity contribution is 6.01. The summed E-state index contributed by atoms with van der Waals surface area (Å²) in [6, 6.07) is 13.1. The number of ketones is 2. The van der Waals surface area contributed by atoms with Gasteiger partial charge in [-0.2, -0.15) is 0 Å². The Morgan fingerprint density at radius 2 is 1.51 bits per heavy atom. The summed E-state index contributed by atoms with van der Waals surface area (Å²) in [6.07, 6.45) is 4.00. The first-order valence-corrected chi connectivity index (χ1v) is 24.3. The van der Waals surface area contributed by atoms with Gasteiger partial charge in [0.2, 0.25) is 17.6 Å². The third-order valence-corrected chi connectivity index (χ3v) is 14.6. The number of hydrogen-bond donors (Lipinski definition) is 4. The largest absolute Gasteiger partial charge is 0.460 e. The maximum atomic E-state index is 14.7. The molecule has 4 aliphatic carbocycles. The second-order valence-corrected chi connectivity index (χ2v) is 22.2. The Bertz CT molecular complexity index is 2450. The van der Waals surface area contributed by atoms with Crippen molar-refractivity contribution in [2.45, 2.75) is 162 Å². The number of ether oxygens (including phenoxy) is 5. The topological polar surface area (TPSA) is 222 Å². The van der Waals surface area contributed by atoms with Gasteiger partial charge in [0.1, 0.15) is 29.4 Å². The van der Waals surface area contributed by atoms with Gasteiger partial charge < -0.3 is 44.7 Å². The minimum atomic E-state index is -1.52. The van der Waals surface area contributed by atoms with Crippen molar-refractivity contribution < 1.29 is 62.4 Å². The van der Waals surface area contributed by atoms with Crippen LogP contribution < -0.4 is 16.0 Å². The number of carbonyl (C=O) groups is 7. The molecule has 1 unspecified atom stereocenters. The SMILES string of the molecule is C[C@H](NC(=O)OC(C)(C)C)C(=O)N[C@@H](C)C(=O)Nc1cccc(Cc2ccc([C@H]3O[C@H]4[C@@]5(C)CC(O)[C@H]6[C@@H](CCC7=CC(=O)C=C[C@@]76C)[C@@H]5C[C@@]4(C(=O)COC(=O)CCC(=O)OC(C)(C)C)O3)cc2)c1. The van der Waals surface area contributed by atoms with Crippen LogP contribution in [0.2, 0.25) is 0 Å². The van der Waals surface area contributed by atoms with E-state index in [1.54, 1.807) is 66.7 Å². The monoisotopic (exact) mass is 967 g/mol. The molecule has 16 nitrogen and oxygen atoms in total. The molecule has 0 aromatic heterocycles. The average molecular weight is 968 g/mol. The molecule has 4 N–H and O–H groups in total. The lowest BCUT2D eigenvalue weighted by Crippen LogP contribution is -2.57. The predicted molar refractivity (Wildman–Crippen MR) is 257 cm³/mol. The molecule has 4 fully saturated rings. The van der Waals surface area contributed by atoms with E-state index in [2.05, 4.69) is 29.8 Å². The van der Waals surface area contributed by atoms with Crippen LogP contribution in [0.5, 0.6) is 0 Å². The van der Waals surface area contributed by atoms with E-state index in [1.807, 2.05) is 48.5 Å². The lowest BCUT2D eigenvalue weighted by Gasteiger charge is -2.58. The summed E-state index contributed by atoms with van der Waals surface area (Å²) < 4.78 is 29.8. The van der Waals surface area contributed by atoms with Crippen molar-refractivity contribution in [3.8, 4) is 0 Å². The van der Waals surface area contributed by atoms with E-state index in [0.717, 1.165) is 16.7 Å². The fraction of sp³-hybridized carbons (Fsp3) is 0.574. The first kappa shape index (κ1) is 52.1. The number of rotatable bonds is 14. The van der Waals surface area contributed by atoms with Gasteiger partial charge in [-0.1, -0.05) is 61.9 Å². The zero-order chi connectivity index (χ0) is 51.1. The van der Waals surface area contributed by atoms with Crippen LogP contribution in [0, 0.1) is 28.6 Å². The molecular weight excluding hydrogens is 899 g/mol. The molecule has 3 amide bonds. The standard InChI is InChI=1S/C54H69N3O13/c1-30(55-45(63)31(2)56-49(65)70-51(6,7)8)46(64)57-36-13-11-12-33(25-36)24-32-14-16-34(17-15-32)47-67-48-53(10)28-40(59)44-38(19-18-35-26-37(58)22-23-52(35,44)9)39(53)27-54(48,69-47)41(60)29-66-42(61)20-21-43(62)68-50(3,4)5/h11-17,22-23,25-26,30-31,38-40,44,47-48,59H,18-21,24,27-29H2,1-10H3,(H,55,63)(H,56,65)(H,57,64)/t30-,31-,38-,39-,40?,44+,47-,48-,52-,53-,54-/m0/s1. The quantitative estimate of drug-likeness (QED) is 0.112. The van der Waals surface area contributed by atoms with Gasteiger partial charge in [-0.15, -0.1) is 0 Å². The van der Waals surface area contributed by atoms with Crippen LogP contribution in [-0.2, 0) is 58.9 Å². The lowest BCUT2D eigenvalue weighted by atomic mass is 9.47. The van der Waals surface area contributed by atoms with Gasteiger partial charge in [0.15, 0.2) is 24.3 Å². The summed E-state index contributed by atoms with van der Waals surface area (Å²) in [7, 11) is 0. The number of anilines is 1. The number of benzene rings is 2. The number of aliphatic hydroxyl groups excluding tert-OH is 1. The Morgan fingerprint density at radius 1 is 0.843 bits per heavy atom. The van der Waals surface area contributed by atoms with E-state index in [4.69, 9.17) is 23.7 Å². The Labute approximate surface area is 410 Å². The fourth-order valence-corrected chi connectivity index (χ4v) is 11.5. The van der Waals surface area contributed by atoms with Crippen LogP contribution in [0.25, 0.3) is 0 Å². The minimum Gasteiger partial charge on any atom is -0.460 e. The number of aliphatic hydroxyl groups is 1. The number of carbonyl (C=O) groups excluding carboxylic acids is 7. The Kier molecular flexibility index (Phi) is 14.8. The summed E-state index contributed by atoms with van der Waals surface area (Å²) in [5.41, 5.74) is -0.171. The van der Waals surface area contributed by atoms with Crippen LogP contribution in [0.1, 0.15) is 131 Å². The summed E-state index contributed by atoms with van der Waals surface area (Å²) in [6.45, 7) is 16.9. The van der Waals surface area contributed by atoms with E-state index in [9.17, 15) is 38.7 Å². The molecule has 0 bridgehead atoms. The summed E-state index contributed by atoms with van der Waals surface area (Å²) in [4.78, 5) is 90.4. The maximum Gasteiger partial charge on any atom is 0.408 e. The number of hydrogen-bond acceptors (Lipinski definition) is 13. The molecule has 11 atom stereocenters. The molecular formula is C54H69N3O13. The van der Waals surface area contributed by atoms with Crippen molar-refractivity contribution in [3.63, 3.8) is 0 Å². The normalized spacial score (nSPS) is 29.7. The second-order valence-electron chi connectivity index (χ2n) is 22.2. The molecule has 1 heterocycles. The molecule has 1 saturated heterocycles. The third kappa shape index (κ3) is 11.2. The minimum absolute atomic E-state index is 0.0231. The number of amides is 3. The first-order chi connectivity index (χ1) is 32.7. The van der Waals surface area contributed by atoms with Crippen molar-refractivity contribution in [2.75, 3.05) is 11.9 Å². The summed E-state index contributed by atoms with van der Waals surface area (Å²) in [5.74, 6) is -3.12. The van der Waals surface area contributed by atoms with E-state index in [0.29, 0.717) is 36.9 Å². The van der Waals surface area contributed by atoms with Crippen LogP contribution in [-0.4, -0.2) is 94.2 Å². The molecule has 378 valence electrons. The van der Waals surface area contributed by atoms with Crippen molar-refractivity contribution in [2.24, 2.45) is 28.6 Å². The van der Waals surface area contributed by atoms with Crippen LogP contribution in [0.15, 0.2) is 72.3 Å². The smallest absolute Gasteiger partial charge is 0.408 e. The van der Waals surface area contributed by atoms with Crippen LogP contribution >= 0.6 is 0 Å². The van der Waals surface area contributed by atoms with Crippen molar-refractivity contribution in [1.29, 1.82) is 0 Å². The number of alkyl carbamates (subject to hydrolysis) is 1. The first-order valence-electron chi connectivity index (χ1n) is 24.3. The molecule has 0 spiro atoms. The van der Waals surface area contributed by atoms with Gasteiger partial charge in [0, 0.05) is 28.0 Å². The Hall–Kier alpha value is -5.71. The van der Waals surface area contributed by atoms with Gasteiger partial charge in [-0.3, -0.25) is 28.8 Å². The molecule has 2 aromatic rings. The molecule has 16 heteroatoms. The van der Waals surface area contributed by atoms with Gasteiger partial charge in [0.05, 0.1) is 18.9 Å². The number of nitrogens with one attached hydrogen (secondary N) is 3. The van der Waals surface area contributed by atoms with E-state index >= 15 is 0 Å².